The van der Waals surface area contributed by atoms with Gasteiger partial charge in [-0.2, -0.15) is 0 Å². The number of para-hydroxylation sites is 2. The van der Waals surface area contributed by atoms with E-state index in [1.54, 1.807) is 24.3 Å². The predicted molar refractivity (Wildman–Crippen MR) is 90.5 cm³/mol. The van der Waals surface area contributed by atoms with Gasteiger partial charge in [-0.15, -0.1) is 0 Å². The molecule has 0 unspecified atom stereocenters. The Bertz CT molecular complexity index is 788. The molecular weight excluding hydrogens is 308 g/mol. The van der Waals surface area contributed by atoms with E-state index in [0.717, 1.165) is 5.56 Å². The quantitative estimate of drug-likeness (QED) is 0.667. The first-order valence-electron chi connectivity index (χ1n) is 7.58. The van der Waals surface area contributed by atoms with E-state index in [9.17, 15) is 9.59 Å². The van der Waals surface area contributed by atoms with Crippen LogP contribution < -0.4 is 20.1 Å². The molecule has 6 heteroatoms. The summed E-state index contributed by atoms with van der Waals surface area (Å²) in [7, 11) is 1.54. The van der Waals surface area contributed by atoms with E-state index < -0.39 is 12.0 Å². The lowest BCUT2D eigenvalue weighted by molar-refractivity contribution is -0.137. The van der Waals surface area contributed by atoms with Crippen molar-refractivity contribution in [1.29, 1.82) is 0 Å². The molecule has 0 spiro atoms. The van der Waals surface area contributed by atoms with Crippen LogP contribution in [0.25, 0.3) is 0 Å². The Balaban J connectivity index is 1.70. The average molecular weight is 326 g/mol. The number of nitrogens with one attached hydrogen (secondary N) is 2. The summed E-state index contributed by atoms with van der Waals surface area (Å²) < 4.78 is 10.5. The lowest BCUT2D eigenvalue weighted by Crippen LogP contribution is -2.39. The van der Waals surface area contributed by atoms with Crippen molar-refractivity contribution in [3.8, 4) is 11.5 Å². The van der Waals surface area contributed by atoms with E-state index >= 15 is 0 Å². The molecule has 0 saturated carbocycles. The van der Waals surface area contributed by atoms with E-state index in [4.69, 9.17) is 9.47 Å². The van der Waals surface area contributed by atoms with Crippen LogP contribution >= 0.6 is 0 Å². The van der Waals surface area contributed by atoms with E-state index in [-0.39, 0.29) is 12.3 Å². The maximum Gasteiger partial charge on any atom is 0.334 e. The molecule has 0 saturated heterocycles. The van der Waals surface area contributed by atoms with Crippen molar-refractivity contribution in [1.82, 2.24) is 0 Å². The minimum absolute atomic E-state index is 0.0374. The number of carbonyl (C=O) groups is 2. The van der Waals surface area contributed by atoms with Crippen LogP contribution in [0.15, 0.2) is 42.5 Å². The monoisotopic (exact) mass is 326 g/mol. The topological polar surface area (TPSA) is 76.7 Å². The molecule has 2 aromatic carbocycles. The zero-order valence-electron chi connectivity index (χ0n) is 13.5. The standard InChI is InChI=1S/C18H18N2O4/c1-11-7-8-15(23-2)13(9-11)20-17(21)10-14-18(22)24-16-6-4-3-5-12(16)19-14/h3-9,14,19H,10H2,1-2H3,(H,20,21)/t14-/m0/s1. The number of amides is 1. The van der Waals surface area contributed by atoms with Crippen molar-refractivity contribution >= 4 is 23.3 Å². The van der Waals surface area contributed by atoms with Gasteiger partial charge in [0.15, 0.2) is 5.75 Å². The van der Waals surface area contributed by atoms with Gasteiger partial charge in [-0.1, -0.05) is 18.2 Å². The van der Waals surface area contributed by atoms with Gasteiger partial charge in [0, 0.05) is 0 Å². The maximum atomic E-state index is 12.3. The molecule has 1 aliphatic rings. The number of esters is 1. The number of methoxy groups -OCH3 is 1. The number of benzene rings is 2. The zero-order valence-corrected chi connectivity index (χ0v) is 13.5. The van der Waals surface area contributed by atoms with Crippen LogP contribution in [-0.2, 0) is 9.59 Å². The summed E-state index contributed by atoms with van der Waals surface area (Å²) in [5.41, 5.74) is 2.27. The van der Waals surface area contributed by atoms with Gasteiger partial charge in [0.05, 0.1) is 24.9 Å². The van der Waals surface area contributed by atoms with Crippen molar-refractivity contribution in [2.75, 3.05) is 17.7 Å². The molecule has 1 aliphatic heterocycles. The van der Waals surface area contributed by atoms with Crippen LogP contribution in [-0.4, -0.2) is 25.0 Å². The highest BCUT2D eigenvalue weighted by Crippen LogP contribution is 2.30. The van der Waals surface area contributed by atoms with Crippen LogP contribution in [0.4, 0.5) is 11.4 Å². The molecule has 6 nitrogen and oxygen atoms in total. The highest BCUT2D eigenvalue weighted by atomic mass is 16.5. The van der Waals surface area contributed by atoms with Crippen molar-refractivity contribution in [3.63, 3.8) is 0 Å². The van der Waals surface area contributed by atoms with Crippen molar-refractivity contribution in [2.24, 2.45) is 0 Å². The summed E-state index contributed by atoms with van der Waals surface area (Å²) in [5, 5.41) is 5.82. The van der Waals surface area contributed by atoms with Crippen LogP contribution in [0.2, 0.25) is 0 Å². The van der Waals surface area contributed by atoms with Gasteiger partial charge in [-0.25, -0.2) is 4.79 Å². The third-order valence-corrected chi connectivity index (χ3v) is 3.73. The third-order valence-electron chi connectivity index (χ3n) is 3.73. The summed E-state index contributed by atoms with van der Waals surface area (Å²) in [6.07, 6.45) is -0.0374. The van der Waals surface area contributed by atoms with Gasteiger partial charge in [0.2, 0.25) is 5.91 Å². The molecule has 2 N–H and O–H groups in total. The van der Waals surface area contributed by atoms with Gasteiger partial charge in [-0.3, -0.25) is 4.79 Å². The third kappa shape index (κ3) is 3.32. The second-order valence-electron chi connectivity index (χ2n) is 5.57. The van der Waals surface area contributed by atoms with Gasteiger partial charge < -0.3 is 20.1 Å². The summed E-state index contributed by atoms with van der Waals surface area (Å²) in [4.78, 5) is 24.3. The first-order chi connectivity index (χ1) is 11.6. The largest absolute Gasteiger partial charge is 0.495 e. The van der Waals surface area contributed by atoms with Crippen LogP contribution in [0.1, 0.15) is 12.0 Å². The fourth-order valence-electron chi connectivity index (χ4n) is 2.54. The number of hydrogen-bond donors (Lipinski definition) is 2. The zero-order chi connectivity index (χ0) is 17.1. The Morgan fingerprint density at radius 3 is 2.88 bits per heavy atom. The minimum atomic E-state index is -0.726. The molecule has 1 heterocycles. The second-order valence-corrected chi connectivity index (χ2v) is 5.57. The molecule has 3 rings (SSSR count). The van der Waals surface area contributed by atoms with E-state index in [1.165, 1.54) is 7.11 Å². The molecule has 0 aliphatic carbocycles. The second kappa shape index (κ2) is 6.62. The van der Waals surface area contributed by atoms with Crippen molar-refractivity contribution in [3.05, 3.63) is 48.0 Å². The summed E-state index contributed by atoms with van der Waals surface area (Å²) >= 11 is 0. The lowest BCUT2D eigenvalue weighted by atomic mass is 10.1. The highest BCUT2D eigenvalue weighted by molar-refractivity contribution is 5.97. The predicted octanol–water partition coefficient (Wildman–Crippen LogP) is 2.73. The Kier molecular flexibility index (Phi) is 4.37. The van der Waals surface area contributed by atoms with Gasteiger partial charge >= 0.3 is 5.97 Å². The van der Waals surface area contributed by atoms with Crippen molar-refractivity contribution < 1.29 is 19.1 Å². The number of hydrogen-bond acceptors (Lipinski definition) is 5. The molecule has 0 fully saturated rings. The highest BCUT2D eigenvalue weighted by Gasteiger charge is 2.29. The average Bonchev–Trinajstić information content (AvgIpc) is 2.55. The number of anilines is 2. The van der Waals surface area contributed by atoms with Crippen molar-refractivity contribution in [2.45, 2.75) is 19.4 Å². The Morgan fingerprint density at radius 2 is 2.08 bits per heavy atom. The molecule has 1 atom stereocenters. The molecule has 124 valence electrons. The molecule has 0 radical (unpaired) electrons. The number of rotatable bonds is 4. The fraction of sp³-hybridized carbons (Fsp3) is 0.222. The number of fused-ring (bicyclic) bond motifs is 1. The Labute approximate surface area is 139 Å². The van der Waals surface area contributed by atoms with Crippen LogP contribution in [0.5, 0.6) is 11.5 Å². The molecule has 2 aromatic rings. The summed E-state index contributed by atoms with van der Waals surface area (Å²) in [6, 6.07) is 11.9. The molecule has 24 heavy (non-hydrogen) atoms. The number of aryl methyl sites for hydroxylation is 1. The first kappa shape index (κ1) is 15.9. The fourth-order valence-corrected chi connectivity index (χ4v) is 2.54. The van der Waals surface area contributed by atoms with Crippen LogP contribution in [0.3, 0.4) is 0 Å². The summed E-state index contributed by atoms with van der Waals surface area (Å²) in [5.74, 6) is 0.269. The Morgan fingerprint density at radius 1 is 1.29 bits per heavy atom. The summed E-state index contributed by atoms with van der Waals surface area (Å²) in [6.45, 7) is 1.92. The SMILES string of the molecule is COc1ccc(C)cc1NC(=O)C[C@@H]1Nc2ccccc2OC1=O. The van der Waals surface area contributed by atoms with E-state index in [1.807, 2.05) is 25.1 Å². The molecule has 0 bridgehead atoms. The van der Waals surface area contributed by atoms with E-state index in [0.29, 0.717) is 22.9 Å². The first-order valence-corrected chi connectivity index (χ1v) is 7.58. The van der Waals surface area contributed by atoms with Crippen LogP contribution in [0, 0.1) is 6.92 Å². The van der Waals surface area contributed by atoms with E-state index in [2.05, 4.69) is 10.6 Å². The number of carbonyl (C=O) groups excluding carboxylic acids is 2. The lowest BCUT2D eigenvalue weighted by Gasteiger charge is -2.25. The smallest absolute Gasteiger partial charge is 0.334 e. The molecule has 0 aromatic heterocycles. The van der Waals surface area contributed by atoms with Gasteiger partial charge in [0.1, 0.15) is 11.8 Å². The molecular formula is C18H18N2O4. The minimum Gasteiger partial charge on any atom is -0.495 e. The van der Waals surface area contributed by atoms with Gasteiger partial charge in [0.25, 0.3) is 0 Å². The maximum absolute atomic E-state index is 12.3. The van der Waals surface area contributed by atoms with Gasteiger partial charge in [-0.05, 0) is 36.8 Å². The Hall–Kier alpha value is -3.02. The number of ether oxygens (including phenoxy) is 2. The molecule has 1 amide bonds. The normalized spacial score (nSPS) is 15.8.